The molecule has 0 spiro atoms. The molecular formula is C21H26N4O5S2. The van der Waals surface area contributed by atoms with Crippen LogP contribution in [0.3, 0.4) is 0 Å². The quantitative estimate of drug-likeness (QED) is 0.408. The summed E-state index contributed by atoms with van der Waals surface area (Å²) < 4.78 is 1.25. The highest BCUT2D eigenvalue weighted by atomic mass is 32.2. The van der Waals surface area contributed by atoms with Crippen molar-refractivity contribution in [2.45, 2.75) is 36.8 Å². The molecule has 0 aromatic carbocycles. The second-order valence-electron chi connectivity index (χ2n) is 8.98. The summed E-state index contributed by atoms with van der Waals surface area (Å²) in [5.41, 5.74) is 7.18. The van der Waals surface area contributed by atoms with Crippen molar-refractivity contribution < 1.29 is 29.1 Å². The minimum Gasteiger partial charge on any atom is -0.543 e. The third kappa shape index (κ3) is 3.87. The number of aromatic nitrogens is 1. The van der Waals surface area contributed by atoms with Gasteiger partial charge < -0.3 is 30.1 Å². The zero-order valence-corrected chi connectivity index (χ0v) is 19.7. The number of aliphatic hydroxyl groups excluding tert-OH is 1. The Labute approximate surface area is 194 Å². The number of aliphatic hydroxyl groups is 1. The molecule has 32 heavy (non-hydrogen) atoms. The van der Waals surface area contributed by atoms with Crippen molar-refractivity contribution in [1.29, 1.82) is 0 Å². The summed E-state index contributed by atoms with van der Waals surface area (Å²) in [6.45, 7) is 5.19. The van der Waals surface area contributed by atoms with Crippen LogP contribution in [-0.4, -0.2) is 76.1 Å². The predicted octanol–water partition coefficient (Wildman–Crippen LogP) is -0.227. The van der Waals surface area contributed by atoms with Crippen molar-refractivity contribution in [3.63, 3.8) is 0 Å². The van der Waals surface area contributed by atoms with Gasteiger partial charge in [0.1, 0.15) is 0 Å². The summed E-state index contributed by atoms with van der Waals surface area (Å²) in [7, 11) is 2.00. The lowest BCUT2D eigenvalue weighted by atomic mass is 9.79. The van der Waals surface area contributed by atoms with Gasteiger partial charge in [0.25, 0.3) is 5.91 Å². The average Bonchev–Trinajstić information content (AvgIpc) is 3.24. The molecule has 172 valence electrons. The number of hydrogen-bond acceptors (Lipinski definition) is 8. The molecule has 4 rings (SSSR count). The SMILES string of the molecule is C[C@@H](O)[C@H]1C(=O)N2C(C(=O)[O-])=C(Sc3nc(C4=CC[N+](C)(CC(N)=O)CC4)cs3)[C@H](C)[C@H]12. The standard InChI is InChI=1S/C21H26N4O5S2/c1-10-16-15(11(2)26)19(28)24(16)17(20(29)30)18(10)32-21-23-13(9-31-21)12-4-6-25(3,7-5-12)8-14(22)27/h4,9-11,15-16,26H,5-8H2,1-3H3,(H2-,22,27,29,30)/t10-,11-,15-,16-,25?/m1/s1. The van der Waals surface area contributed by atoms with E-state index in [0.717, 1.165) is 24.2 Å². The predicted molar refractivity (Wildman–Crippen MR) is 118 cm³/mol. The van der Waals surface area contributed by atoms with Gasteiger partial charge in [-0.25, -0.2) is 4.98 Å². The molecular weight excluding hydrogens is 452 g/mol. The minimum atomic E-state index is -1.39. The molecule has 0 saturated carbocycles. The van der Waals surface area contributed by atoms with Crippen LogP contribution in [0.1, 0.15) is 26.0 Å². The lowest BCUT2D eigenvalue weighted by Crippen LogP contribution is -2.64. The van der Waals surface area contributed by atoms with Crippen LogP contribution in [0, 0.1) is 11.8 Å². The number of thioether (sulfide) groups is 1. The molecule has 1 saturated heterocycles. The highest BCUT2D eigenvalue weighted by molar-refractivity contribution is 8.04. The van der Waals surface area contributed by atoms with Crippen molar-refractivity contribution in [2.24, 2.45) is 17.6 Å². The third-order valence-electron chi connectivity index (χ3n) is 6.55. The number of quaternary nitrogens is 1. The molecule has 0 radical (unpaired) electrons. The number of likely N-dealkylation sites (N-methyl/N-ethyl adjacent to an activating group) is 1. The van der Waals surface area contributed by atoms with E-state index in [0.29, 0.717) is 26.8 Å². The van der Waals surface area contributed by atoms with E-state index in [4.69, 9.17) is 10.7 Å². The number of aliphatic carboxylic acids is 1. The molecule has 2 amide bonds. The molecule has 1 aromatic heterocycles. The van der Waals surface area contributed by atoms with Crippen molar-refractivity contribution in [3.05, 3.63) is 27.8 Å². The van der Waals surface area contributed by atoms with Gasteiger partial charge in [0.15, 0.2) is 10.9 Å². The van der Waals surface area contributed by atoms with Crippen LogP contribution < -0.4 is 10.8 Å². The van der Waals surface area contributed by atoms with Gasteiger partial charge in [-0.3, -0.25) is 9.59 Å². The molecule has 5 atom stereocenters. The maximum absolute atomic E-state index is 12.5. The van der Waals surface area contributed by atoms with Crippen LogP contribution in [0.4, 0.5) is 0 Å². The van der Waals surface area contributed by atoms with Crippen LogP contribution in [0.2, 0.25) is 0 Å². The first-order chi connectivity index (χ1) is 15.0. The summed E-state index contributed by atoms with van der Waals surface area (Å²) in [6.07, 6.45) is 2.00. The Morgan fingerprint density at radius 3 is 2.78 bits per heavy atom. The van der Waals surface area contributed by atoms with E-state index in [1.807, 2.05) is 19.4 Å². The first-order valence-electron chi connectivity index (χ1n) is 10.4. The summed E-state index contributed by atoms with van der Waals surface area (Å²) in [5, 5.41) is 23.8. The molecule has 3 aliphatic rings. The number of rotatable bonds is 7. The largest absolute Gasteiger partial charge is 0.543 e. The molecule has 1 fully saturated rings. The van der Waals surface area contributed by atoms with Gasteiger partial charge >= 0.3 is 0 Å². The first-order valence-corrected chi connectivity index (χ1v) is 12.1. The first kappa shape index (κ1) is 23.0. The number of thiazole rings is 1. The van der Waals surface area contributed by atoms with E-state index >= 15 is 0 Å². The van der Waals surface area contributed by atoms with Crippen molar-refractivity contribution >= 4 is 46.5 Å². The smallest absolute Gasteiger partial charge is 0.272 e. The average molecular weight is 479 g/mol. The van der Waals surface area contributed by atoms with E-state index in [1.54, 1.807) is 6.92 Å². The highest BCUT2D eigenvalue weighted by Crippen LogP contribution is 2.52. The van der Waals surface area contributed by atoms with E-state index in [2.05, 4.69) is 6.08 Å². The number of carboxylic acid groups (broad SMARTS) is 1. The van der Waals surface area contributed by atoms with Crippen LogP contribution in [-0.2, 0) is 14.4 Å². The number of carboxylic acids is 1. The number of primary amides is 1. The van der Waals surface area contributed by atoms with Crippen molar-refractivity contribution in [3.8, 4) is 0 Å². The molecule has 0 bridgehead atoms. The second-order valence-corrected chi connectivity index (χ2v) is 11.1. The van der Waals surface area contributed by atoms with Crippen molar-refractivity contribution in [1.82, 2.24) is 9.88 Å². The second kappa shape index (κ2) is 8.29. The fourth-order valence-electron chi connectivity index (χ4n) is 4.86. The monoisotopic (exact) mass is 478 g/mol. The third-order valence-corrected chi connectivity index (χ3v) is 8.77. The molecule has 9 nitrogen and oxygen atoms in total. The number of amides is 2. The Balaban J connectivity index is 1.53. The number of carbonyl (C=O) groups excluding carboxylic acids is 3. The van der Waals surface area contributed by atoms with Crippen LogP contribution in [0.15, 0.2) is 26.4 Å². The fraction of sp³-hybridized carbons (Fsp3) is 0.524. The van der Waals surface area contributed by atoms with Crippen molar-refractivity contribution in [2.75, 3.05) is 26.7 Å². The van der Waals surface area contributed by atoms with Gasteiger partial charge in [-0.1, -0.05) is 18.7 Å². The fourth-order valence-corrected chi connectivity index (χ4v) is 6.97. The Hall–Kier alpha value is -2.21. The van der Waals surface area contributed by atoms with Gasteiger partial charge in [-0.15, -0.1) is 11.3 Å². The van der Waals surface area contributed by atoms with Gasteiger partial charge in [-0.2, -0.15) is 0 Å². The van der Waals surface area contributed by atoms with E-state index < -0.39 is 18.0 Å². The maximum Gasteiger partial charge on any atom is 0.272 e. The lowest BCUT2D eigenvalue weighted by Gasteiger charge is -2.47. The van der Waals surface area contributed by atoms with Crippen LogP contribution in [0.5, 0.6) is 0 Å². The number of hydrogen-bond donors (Lipinski definition) is 2. The molecule has 4 heterocycles. The van der Waals surface area contributed by atoms with Crippen LogP contribution >= 0.6 is 23.1 Å². The Morgan fingerprint density at radius 1 is 1.50 bits per heavy atom. The molecule has 3 N–H and O–H groups in total. The Kier molecular flexibility index (Phi) is 5.95. The normalized spacial score (nSPS) is 30.6. The zero-order valence-electron chi connectivity index (χ0n) is 18.1. The zero-order chi connectivity index (χ0) is 23.4. The molecule has 11 heteroatoms. The van der Waals surface area contributed by atoms with E-state index in [-0.39, 0.29) is 29.5 Å². The summed E-state index contributed by atoms with van der Waals surface area (Å²) in [4.78, 5) is 42.1. The van der Waals surface area contributed by atoms with E-state index in [9.17, 15) is 24.6 Å². The summed E-state index contributed by atoms with van der Waals surface area (Å²) >= 11 is 2.67. The van der Waals surface area contributed by atoms with Gasteiger partial charge in [0.05, 0.1) is 55.6 Å². The Bertz CT molecular complexity index is 1050. The van der Waals surface area contributed by atoms with Gasteiger partial charge in [0, 0.05) is 22.6 Å². The van der Waals surface area contributed by atoms with Crippen LogP contribution in [0.25, 0.3) is 5.57 Å². The molecule has 1 unspecified atom stereocenters. The number of carbonyl (C=O) groups is 3. The van der Waals surface area contributed by atoms with E-state index in [1.165, 1.54) is 28.0 Å². The highest BCUT2D eigenvalue weighted by Gasteiger charge is 2.58. The number of nitrogens with two attached hydrogens (primary N) is 1. The number of fused-ring (bicyclic) bond motifs is 1. The number of nitrogens with zero attached hydrogens (tertiary/aromatic N) is 3. The van der Waals surface area contributed by atoms with Gasteiger partial charge in [-0.05, 0) is 18.6 Å². The number of β-lactam (4-membered cyclic amide) rings is 1. The lowest BCUT2D eigenvalue weighted by molar-refractivity contribution is -0.897. The summed E-state index contributed by atoms with van der Waals surface area (Å²) in [5.74, 6) is -2.93. The Morgan fingerprint density at radius 2 is 2.22 bits per heavy atom. The van der Waals surface area contributed by atoms with Gasteiger partial charge in [0.2, 0.25) is 5.91 Å². The topological polar surface area (TPSA) is 137 Å². The summed E-state index contributed by atoms with van der Waals surface area (Å²) in [6, 6.07) is -0.376. The minimum absolute atomic E-state index is 0.109. The molecule has 0 aliphatic carbocycles. The molecule has 1 aromatic rings. The maximum atomic E-state index is 12.5. The molecule has 3 aliphatic heterocycles.